The first kappa shape index (κ1) is 8.98. The van der Waals surface area contributed by atoms with E-state index in [1.807, 2.05) is 18.2 Å². The summed E-state index contributed by atoms with van der Waals surface area (Å²) in [6.45, 7) is 1.75. The molecule has 2 nitrogen and oxygen atoms in total. The van der Waals surface area contributed by atoms with Crippen molar-refractivity contribution < 1.29 is 4.79 Å². The number of fused-ring (bicyclic) bond motifs is 1. The third kappa shape index (κ3) is 1.43. The number of rotatable bonds is 1. The zero-order valence-corrected chi connectivity index (χ0v) is 7.84. The lowest BCUT2D eigenvalue weighted by molar-refractivity contribution is 0.105. The molecule has 0 aliphatic carbocycles. The van der Waals surface area contributed by atoms with E-state index in [1.54, 1.807) is 0 Å². The highest BCUT2D eigenvalue weighted by Gasteiger charge is 2.15. The molecule has 0 amide bonds. The van der Waals surface area contributed by atoms with Crippen LogP contribution >= 0.6 is 0 Å². The Labute approximate surface area is 83.3 Å². The molecular weight excluding hydrogens is 174 g/mol. The standard InChI is InChI=1S/C12H11NO/c1-2-12(14)11-5-3-4-9-8-13-7-6-10(9)11/h1,3-5,13H,6-8H2. The van der Waals surface area contributed by atoms with Crippen LogP contribution in [0, 0.1) is 12.3 Å². The molecule has 70 valence electrons. The molecule has 0 spiro atoms. The molecule has 14 heavy (non-hydrogen) atoms. The van der Waals surface area contributed by atoms with Gasteiger partial charge in [-0.1, -0.05) is 18.2 Å². The summed E-state index contributed by atoms with van der Waals surface area (Å²) in [6, 6.07) is 5.73. The van der Waals surface area contributed by atoms with Crippen LogP contribution in [0.25, 0.3) is 0 Å². The van der Waals surface area contributed by atoms with Crippen molar-refractivity contribution >= 4 is 5.78 Å². The molecule has 0 bridgehead atoms. The number of carbonyl (C=O) groups excluding carboxylic acids is 1. The fraction of sp³-hybridized carbons (Fsp3) is 0.250. The Bertz CT molecular complexity index is 415. The smallest absolute Gasteiger partial charge is 0.235 e. The van der Waals surface area contributed by atoms with Crippen LogP contribution in [0.15, 0.2) is 18.2 Å². The number of ketones is 1. The minimum atomic E-state index is -0.205. The fourth-order valence-electron chi connectivity index (χ4n) is 1.82. The fourth-order valence-corrected chi connectivity index (χ4v) is 1.82. The molecule has 1 aromatic rings. The summed E-state index contributed by atoms with van der Waals surface area (Å²) in [5.41, 5.74) is 3.01. The lowest BCUT2D eigenvalue weighted by Gasteiger charge is -2.18. The first-order valence-corrected chi connectivity index (χ1v) is 4.65. The Morgan fingerprint density at radius 3 is 3.14 bits per heavy atom. The molecule has 2 heteroatoms. The van der Waals surface area contributed by atoms with Crippen molar-refractivity contribution in [3.05, 3.63) is 34.9 Å². The molecule has 1 aromatic carbocycles. The summed E-state index contributed by atoms with van der Waals surface area (Å²) >= 11 is 0. The van der Waals surface area contributed by atoms with Gasteiger partial charge in [0.2, 0.25) is 5.78 Å². The quantitative estimate of drug-likeness (QED) is 0.404. The zero-order valence-electron chi connectivity index (χ0n) is 7.84. The largest absolute Gasteiger partial charge is 0.312 e. The number of nitrogens with one attached hydrogen (secondary N) is 1. The normalized spacial score (nSPS) is 14.2. The van der Waals surface area contributed by atoms with Gasteiger partial charge in [-0.2, -0.15) is 0 Å². The molecule has 0 unspecified atom stereocenters. The van der Waals surface area contributed by atoms with E-state index in [0.717, 1.165) is 25.1 Å². The summed E-state index contributed by atoms with van der Waals surface area (Å²) in [4.78, 5) is 11.4. The van der Waals surface area contributed by atoms with Crippen LogP contribution in [0.1, 0.15) is 21.5 Å². The van der Waals surface area contributed by atoms with E-state index in [-0.39, 0.29) is 5.78 Å². The molecular formula is C12H11NO. The number of hydrogen-bond acceptors (Lipinski definition) is 2. The molecule has 1 N–H and O–H groups in total. The number of carbonyl (C=O) groups is 1. The number of benzene rings is 1. The molecule has 0 atom stereocenters. The monoisotopic (exact) mass is 185 g/mol. The average Bonchev–Trinajstić information content (AvgIpc) is 2.27. The average molecular weight is 185 g/mol. The maximum absolute atomic E-state index is 11.4. The maximum Gasteiger partial charge on any atom is 0.235 e. The predicted molar refractivity (Wildman–Crippen MR) is 55.0 cm³/mol. The minimum absolute atomic E-state index is 0.205. The van der Waals surface area contributed by atoms with Gasteiger partial charge in [-0.25, -0.2) is 0 Å². The summed E-state index contributed by atoms with van der Waals surface area (Å²) in [5.74, 6) is 1.97. The molecule has 1 aliphatic rings. The maximum atomic E-state index is 11.4. The first-order valence-electron chi connectivity index (χ1n) is 4.65. The van der Waals surface area contributed by atoms with Gasteiger partial charge in [0.25, 0.3) is 0 Å². The van der Waals surface area contributed by atoms with Crippen LogP contribution in [0.3, 0.4) is 0 Å². The molecule has 0 aromatic heterocycles. The van der Waals surface area contributed by atoms with E-state index in [9.17, 15) is 4.79 Å². The number of terminal acetylenes is 1. The summed E-state index contributed by atoms with van der Waals surface area (Å²) in [6.07, 6.45) is 6.01. The topological polar surface area (TPSA) is 29.1 Å². The second-order valence-electron chi connectivity index (χ2n) is 3.34. The molecule has 2 rings (SSSR count). The highest BCUT2D eigenvalue weighted by atomic mass is 16.1. The van der Waals surface area contributed by atoms with Crippen molar-refractivity contribution in [3.63, 3.8) is 0 Å². The van der Waals surface area contributed by atoms with Crippen LogP contribution in [0.2, 0.25) is 0 Å². The van der Waals surface area contributed by atoms with Crippen molar-refractivity contribution in [2.45, 2.75) is 13.0 Å². The Morgan fingerprint density at radius 2 is 2.36 bits per heavy atom. The van der Waals surface area contributed by atoms with Crippen LogP contribution in [-0.4, -0.2) is 12.3 Å². The third-order valence-electron chi connectivity index (χ3n) is 2.52. The van der Waals surface area contributed by atoms with Gasteiger partial charge in [0, 0.05) is 12.1 Å². The Balaban J connectivity index is 2.51. The van der Waals surface area contributed by atoms with Crippen molar-refractivity contribution in [2.24, 2.45) is 0 Å². The highest BCUT2D eigenvalue weighted by Crippen LogP contribution is 2.18. The highest BCUT2D eigenvalue weighted by molar-refractivity contribution is 6.09. The van der Waals surface area contributed by atoms with Crippen molar-refractivity contribution in [2.75, 3.05) is 6.54 Å². The zero-order chi connectivity index (χ0) is 9.97. The van der Waals surface area contributed by atoms with Gasteiger partial charge in [0.1, 0.15) is 0 Å². The molecule has 1 aliphatic heterocycles. The van der Waals surface area contributed by atoms with E-state index in [1.165, 1.54) is 5.56 Å². The van der Waals surface area contributed by atoms with Gasteiger partial charge in [0.05, 0.1) is 0 Å². The second-order valence-corrected chi connectivity index (χ2v) is 3.34. The number of hydrogen-bond donors (Lipinski definition) is 1. The van der Waals surface area contributed by atoms with Crippen molar-refractivity contribution in [1.29, 1.82) is 0 Å². The van der Waals surface area contributed by atoms with Gasteiger partial charge in [-0.3, -0.25) is 4.79 Å². The summed E-state index contributed by atoms with van der Waals surface area (Å²) < 4.78 is 0. The van der Waals surface area contributed by atoms with Crippen LogP contribution in [-0.2, 0) is 13.0 Å². The second kappa shape index (κ2) is 3.65. The molecule has 0 saturated carbocycles. The van der Waals surface area contributed by atoms with Gasteiger partial charge >= 0.3 is 0 Å². The van der Waals surface area contributed by atoms with Gasteiger partial charge in [-0.15, -0.1) is 6.42 Å². The predicted octanol–water partition coefficient (Wildman–Crippen LogP) is 1.15. The first-order chi connectivity index (χ1) is 6.83. The minimum Gasteiger partial charge on any atom is -0.312 e. The third-order valence-corrected chi connectivity index (χ3v) is 2.52. The van der Waals surface area contributed by atoms with Crippen LogP contribution in [0.5, 0.6) is 0 Å². The Hall–Kier alpha value is -1.59. The van der Waals surface area contributed by atoms with Crippen LogP contribution < -0.4 is 5.32 Å². The van der Waals surface area contributed by atoms with E-state index >= 15 is 0 Å². The Kier molecular flexibility index (Phi) is 2.34. The van der Waals surface area contributed by atoms with E-state index in [2.05, 4.69) is 11.2 Å². The van der Waals surface area contributed by atoms with E-state index in [0.29, 0.717) is 5.56 Å². The lowest BCUT2D eigenvalue weighted by Crippen LogP contribution is -2.25. The summed E-state index contributed by atoms with van der Waals surface area (Å²) in [7, 11) is 0. The van der Waals surface area contributed by atoms with E-state index < -0.39 is 0 Å². The van der Waals surface area contributed by atoms with Crippen molar-refractivity contribution in [3.8, 4) is 12.3 Å². The van der Waals surface area contributed by atoms with E-state index in [4.69, 9.17) is 6.42 Å². The molecule has 0 radical (unpaired) electrons. The molecule has 0 fully saturated rings. The lowest BCUT2D eigenvalue weighted by atomic mass is 9.93. The van der Waals surface area contributed by atoms with Crippen molar-refractivity contribution in [1.82, 2.24) is 5.32 Å². The molecule has 0 saturated heterocycles. The van der Waals surface area contributed by atoms with Gasteiger partial charge in [0.15, 0.2) is 0 Å². The van der Waals surface area contributed by atoms with Crippen LogP contribution in [0.4, 0.5) is 0 Å². The SMILES string of the molecule is C#CC(=O)c1cccc2c1CCNC2. The summed E-state index contributed by atoms with van der Waals surface area (Å²) in [5, 5.41) is 3.26. The number of Topliss-reactive ketones (excluding diaryl/α,β-unsaturated/α-hetero) is 1. The van der Waals surface area contributed by atoms with Gasteiger partial charge in [-0.05, 0) is 30.0 Å². The molecule has 1 heterocycles. The van der Waals surface area contributed by atoms with Gasteiger partial charge < -0.3 is 5.32 Å². The Morgan fingerprint density at radius 1 is 1.50 bits per heavy atom.